The van der Waals surface area contributed by atoms with Crippen molar-refractivity contribution in [2.24, 2.45) is 0 Å². The topological polar surface area (TPSA) is 58.8 Å². The Morgan fingerprint density at radius 1 is 1.24 bits per heavy atom. The Morgan fingerprint density at radius 2 is 2.14 bits per heavy atom. The van der Waals surface area contributed by atoms with Crippen LogP contribution in [0.1, 0.15) is 35.4 Å². The second-order valence-electron chi connectivity index (χ2n) is 5.19. The predicted octanol–water partition coefficient (Wildman–Crippen LogP) is 2.85. The molecule has 2 aromatic rings. The van der Waals surface area contributed by atoms with Gasteiger partial charge in [-0.1, -0.05) is 6.07 Å². The van der Waals surface area contributed by atoms with Crippen molar-refractivity contribution in [1.29, 1.82) is 5.26 Å². The summed E-state index contributed by atoms with van der Waals surface area (Å²) in [5.41, 5.74) is 3.81. The van der Waals surface area contributed by atoms with E-state index in [1.165, 1.54) is 18.4 Å². The van der Waals surface area contributed by atoms with Crippen molar-refractivity contribution in [2.75, 3.05) is 6.61 Å². The zero-order valence-corrected chi connectivity index (χ0v) is 11.9. The summed E-state index contributed by atoms with van der Waals surface area (Å²) in [6, 6.07) is 9.95. The van der Waals surface area contributed by atoms with Gasteiger partial charge in [-0.05, 0) is 49.4 Å². The van der Waals surface area contributed by atoms with E-state index in [-0.39, 0.29) is 0 Å². The molecule has 0 radical (unpaired) electrons. The molecule has 0 amide bonds. The molecule has 0 aromatic carbocycles. The minimum absolute atomic E-state index is 0.467. The smallest absolute Gasteiger partial charge is 0.231 e. The van der Waals surface area contributed by atoms with E-state index in [1.54, 1.807) is 6.20 Å². The second-order valence-corrected chi connectivity index (χ2v) is 5.19. The van der Waals surface area contributed by atoms with Crippen molar-refractivity contribution < 1.29 is 4.74 Å². The van der Waals surface area contributed by atoms with Crippen molar-refractivity contribution in [3.8, 4) is 11.9 Å². The molecule has 0 bridgehead atoms. The molecule has 2 aromatic heterocycles. The van der Waals surface area contributed by atoms with Crippen LogP contribution in [0.15, 0.2) is 30.5 Å². The number of hydrogen-bond acceptors (Lipinski definition) is 4. The van der Waals surface area contributed by atoms with E-state index in [9.17, 15) is 5.26 Å². The summed E-state index contributed by atoms with van der Waals surface area (Å²) in [5, 5.41) is 9.25. The molecule has 1 aliphatic carbocycles. The summed E-state index contributed by atoms with van der Waals surface area (Å²) < 4.78 is 5.72. The second kappa shape index (κ2) is 6.36. The molecule has 1 aliphatic rings. The lowest BCUT2D eigenvalue weighted by Gasteiger charge is -2.16. The van der Waals surface area contributed by atoms with E-state index in [0.29, 0.717) is 24.5 Å². The standard InChI is InChI=1S/C17H17N3O/c18-12-14-11-13-5-1-2-7-16(13)20-17(14)21-10-8-15-6-3-4-9-19-15/h3-4,6,9,11H,1-2,5,7-8,10H2. The Balaban J connectivity index is 1.71. The molecular weight excluding hydrogens is 262 g/mol. The van der Waals surface area contributed by atoms with E-state index < -0.39 is 0 Å². The Labute approximate surface area is 124 Å². The molecule has 21 heavy (non-hydrogen) atoms. The van der Waals surface area contributed by atoms with Crippen LogP contribution in [0.4, 0.5) is 0 Å². The number of aromatic nitrogens is 2. The maximum atomic E-state index is 9.25. The van der Waals surface area contributed by atoms with Crippen LogP contribution in [0.5, 0.6) is 5.88 Å². The van der Waals surface area contributed by atoms with Crippen molar-refractivity contribution >= 4 is 0 Å². The molecule has 0 atom stereocenters. The number of hydrogen-bond donors (Lipinski definition) is 0. The molecule has 2 heterocycles. The molecule has 0 spiro atoms. The maximum Gasteiger partial charge on any atom is 0.231 e. The summed E-state index contributed by atoms with van der Waals surface area (Å²) in [6.07, 6.45) is 6.83. The van der Waals surface area contributed by atoms with Gasteiger partial charge < -0.3 is 4.74 Å². The highest BCUT2D eigenvalue weighted by atomic mass is 16.5. The Bertz CT molecular complexity index is 662. The molecule has 0 unspecified atom stereocenters. The fraction of sp³-hybridized carbons (Fsp3) is 0.353. The van der Waals surface area contributed by atoms with Gasteiger partial charge in [0, 0.05) is 24.0 Å². The Morgan fingerprint density at radius 3 is 2.95 bits per heavy atom. The number of fused-ring (bicyclic) bond motifs is 1. The highest BCUT2D eigenvalue weighted by Crippen LogP contribution is 2.25. The monoisotopic (exact) mass is 279 g/mol. The molecule has 0 aliphatic heterocycles. The minimum Gasteiger partial charge on any atom is -0.476 e. The highest BCUT2D eigenvalue weighted by Gasteiger charge is 2.15. The molecular formula is C17H17N3O. The molecule has 4 heteroatoms. The lowest BCUT2D eigenvalue weighted by Crippen LogP contribution is -2.10. The van der Waals surface area contributed by atoms with Crippen molar-refractivity contribution in [3.63, 3.8) is 0 Å². The first-order chi connectivity index (χ1) is 10.4. The molecule has 0 fully saturated rings. The third-order valence-electron chi connectivity index (χ3n) is 3.71. The molecule has 0 saturated heterocycles. The summed E-state index contributed by atoms with van der Waals surface area (Å²) in [5.74, 6) is 0.467. The van der Waals surface area contributed by atoms with Gasteiger partial charge in [-0.25, -0.2) is 4.98 Å². The average Bonchev–Trinajstić information content (AvgIpc) is 2.55. The quantitative estimate of drug-likeness (QED) is 0.863. The van der Waals surface area contributed by atoms with Crippen molar-refractivity contribution in [3.05, 3.63) is 53.0 Å². The van der Waals surface area contributed by atoms with Gasteiger partial charge in [-0.15, -0.1) is 0 Å². The van der Waals surface area contributed by atoms with E-state index in [1.807, 2.05) is 24.3 Å². The number of rotatable bonds is 4. The third-order valence-corrected chi connectivity index (χ3v) is 3.71. The molecule has 106 valence electrons. The van der Waals surface area contributed by atoms with Gasteiger partial charge in [-0.2, -0.15) is 5.26 Å². The summed E-state index contributed by atoms with van der Waals surface area (Å²) >= 11 is 0. The number of nitrogens with zero attached hydrogens (tertiary/aromatic N) is 3. The first-order valence-corrected chi connectivity index (χ1v) is 7.32. The Hall–Kier alpha value is -2.41. The van der Waals surface area contributed by atoms with E-state index in [4.69, 9.17) is 4.74 Å². The first kappa shape index (κ1) is 13.6. The van der Waals surface area contributed by atoms with Gasteiger partial charge in [0.25, 0.3) is 0 Å². The predicted molar refractivity (Wildman–Crippen MR) is 79.0 cm³/mol. The van der Waals surface area contributed by atoms with Crippen LogP contribution in [-0.2, 0) is 19.3 Å². The number of ether oxygens (including phenoxy) is 1. The van der Waals surface area contributed by atoms with Crippen LogP contribution in [-0.4, -0.2) is 16.6 Å². The van der Waals surface area contributed by atoms with Gasteiger partial charge in [0.15, 0.2) is 0 Å². The van der Waals surface area contributed by atoms with Crippen molar-refractivity contribution in [1.82, 2.24) is 9.97 Å². The summed E-state index contributed by atoms with van der Waals surface area (Å²) in [7, 11) is 0. The van der Waals surface area contributed by atoms with E-state index in [2.05, 4.69) is 16.0 Å². The maximum absolute atomic E-state index is 9.25. The third kappa shape index (κ3) is 3.19. The Kier molecular flexibility index (Phi) is 4.11. The number of pyridine rings is 2. The lowest BCUT2D eigenvalue weighted by atomic mass is 9.95. The first-order valence-electron chi connectivity index (χ1n) is 7.32. The van der Waals surface area contributed by atoms with E-state index >= 15 is 0 Å². The largest absolute Gasteiger partial charge is 0.476 e. The minimum atomic E-state index is 0.467. The number of nitriles is 1. The lowest BCUT2D eigenvalue weighted by molar-refractivity contribution is 0.305. The van der Waals surface area contributed by atoms with Crippen LogP contribution < -0.4 is 4.74 Å². The fourth-order valence-corrected chi connectivity index (χ4v) is 2.60. The van der Waals surface area contributed by atoms with Crippen molar-refractivity contribution in [2.45, 2.75) is 32.1 Å². The SMILES string of the molecule is N#Cc1cc2c(nc1OCCc1ccccn1)CCCC2. The van der Waals surface area contributed by atoms with Crippen LogP contribution in [0, 0.1) is 11.3 Å². The molecule has 4 nitrogen and oxygen atoms in total. The average molecular weight is 279 g/mol. The molecule has 0 N–H and O–H groups in total. The van der Waals surface area contributed by atoms with E-state index in [0.717, 1.165) is 24.2 Å². The molecule has 0 saturated carbocycles. The normalized spacial score (nSPS) is 13.3. The fourth-order valence-electron chi connectivity index (χ4n) is 2.60. The van der Waals surface area contributed by atoms with Crippen LogP contribution in [0.3, 0.4) is 0 Å². The van der Waals surface area contributed by atoms with Gasteiger partial charge in [0.05, 0.1) is 6.61 Å². The summed E-state index contributed by atoms with van der Waals surface area (Å²) in [4.78, 5) is 8.81. The van der Waals surface area contributed by atoms with Crippen LogP contribution in [0.2, 0.25) is 0 Å². The number of aryl methyl sites for hydroxylation is 2. The van der Waals surface area contributed by atoms with Gasteiger partial charge in [0.2, 0.25) is 5.88 Å². The summed E-state index contributed by atoms with van der Waals surface area (Å²) in [6.45, 7) is 0.484. The van der Waals surface area contributed by atoms with Gasteiger partial charge in [-0.3, -0.25) is 4.98 Å². The van der Waals surface area contributed by atoms with Gasteiger partial charge >= 0.3 is 0 Å². The van der Waals surface area contributed by atoms with Crippen LogP contribution >= 0.6 is 0 Å². The zero-order valence-electron chi connectivity index (χ0n) is 11.9. The molecule has 3 rings (SSSR count). The van der Waals surface area contributed by atoms with Crippen LogP contribution in [0.25, 0.3) is 0 Å². The highest BCUT2D eigenvalue weighted by molar-refractivity contribution is 5.43. The van der Waals surface area contributed by atoms with Gasteiger partial charge in [0.1, 0.15) is 11.6 Å². The zero-order chi connectivity index (χ0) is 14.5.